The third-order valence-electron chi connectivity index (χ3n) is 7.62. The number of anilines is 4. The fourth-order valence-corrected chi connectivity index (χ4v) is 6.57. The minimum absolute atomic E-state index is 0.414. The highest BCUT2D eigenvalue weighted by Crippen LogP contribution is 2.44. The zero-order valence-corrected chi connectivity index (χ0v) is 24.7. The van der Waals surface area contributed by atoms with E-state index in [1.54, 1.807) is 0 Å². The lowest BCUT2D eigenvalue weighted by molar-refractivity contribution is 1.42. The van der Waals surface area contributed by atoms with Crippen LogP contribution in [0.3, 0.4) is 0 Å². The molecular weight excluding hydrogens is 539 g/mol. The van der Waals surface area contributed by atoms with E-state index in [1.807, 2.05) is 0 Å². The van der Waals surface area contributed by atoms with Crippen LogP contribution in [0.25, 0.3) is 33.0 Å². The second kappa shape index (κ2) is 12.4. The Bertz CT molecular complexity index is 1940. The predicted molar refractivity (Wildman–Crippen MR) is 188 cm³/mol. The zero-order chi connectivity index (χ0) is 28.8. The van der Waals surface area contributed by atoms with Gasteiger partial charge in [0.2, 0.25) is 0 Å². The van der Waals surface area contributed by atoms with Crippen LogP contribution in [-0.2, 0) is 0 Å². The van der Waals surface area contributed by atoms with Crippen molar-refractivity contribution in [3.05, 3.63) is 176 Å². The van der Waals surface area contributed by atoms with Crippen molar-refractivity contribution in [2.45, 2.75) is 0 Å². The minimum Gasteiger partial charge on any atom is -0.354 e. The van der Waals surface area contributed by atoms with E-state index >= 15 is 0 Å². The lowest BCUT2D eigenvalue weighted by atomic mass is 10.0. The Morgan fingerprint density at radius 1 is 0.419 bits per heavy atom. The van der Waals surface area contributed by atoms with Crippen molar-refractivity contribution in [1.29, 1.82) is 0 Å². The Morgan fingerprint density at radius 2 is 0.884 bits per heavy atom. The molecule has 0 amide bonds. The molecule has 1 N–H and O–H groups in total. The van der Waals surface area contributed by atoms with Crippen molar-refractivity contribution >= 4 is 47.6 Å². The van der Waals surface area contributed by atoms with Crippen LogP contribution in [0.2, 0.25) is 0 Å². The minimum atomic E-state index is 0.414. The number of hydrogen-bond acceptors (Lipinski definition) is 2. The molecule has 7 aromatic carbocycles. The molecule has 1 atom stereocenters. The van der Waals surface area contributed by atoms with Crippen LogP contribution in [0, 0.1) is 0 Å². The van der Waals surface area contributed by atoms with E-state index < -0.39 is 0 Å². The van der Waals surface area contributed by atoms with E-state index in [2.05, 4.69) is 186 Å². The Hall–Kier alpha value is -5.17. The van der Waals surface area contributed by atoms with Crippen LogP contribution in [0.1, 0.15) is 0 Å². The standard InChI is InChI=1S/C40H31N2P/c1-4-12-30(13-5-1)32-20-24-36(25-21-32)41-39-28-34-16-10-11-17-35(34)29-40(39)42(43-38-18-8-3-9-19-38)37-26-22-33(23-27-37)31-14-6-2-7-15-31/h1-29,41,43H. The topological polar surface area (TPSA) is 15.3 Å². The molecule has 0 spiro atoms. The van der Waals surface area contributed by atoms with Crippen molar-refractivity contribution in [2.24, 2.45) is 0 Å². The van der Waals surface area contributed by atoms with Gasteiger partial charge in [0.05, 0.1) is 11.4 Å². The van der Waals surface area contributed by atoms with Gasteiger partial charge in [-0.1, -0.05) is 140 Å². The van der Waals surface area contributed by atoms with E-state index in [0.717, 1.165) is 22.7 Å². The fourth-order valence-electron chi connectivity index (χ4n) is 5.38. The van der Waals surface area contributed by atoms with Crippen LogP contribution in [0.4, 0.5) is 22.7 Å². The molecule has 1 unspecified atom stereocenters. The quantitative estimate of drug-likeness (QED) is 0.183. The van der Waals surface area contributed by atoms with Crippen LogP contribution >= 0.6 is 8.73 Å². The summed E-state index contributed by atoms with van der Waals surface area (Å²) in [5.74, 6) is 0. The van der Waals surface area contributed by atoms with Crippen molar-refractivity contribution in [3.63, 3.8) is 0 Å². The molecule has 0 fully saturated rings. The SMILES string of the molecule is c1ccc(PN(c2ccc(-c3ccccc3)cc2)c2cc3ccccc3cc2Nc2ccc(-c3ccccc3)cc2)cc1. The molecule has 0 radical (unpaired) electrons. The molecule has 7 rings (SSSR count). The fraction of sp³-hybridized carbons (Fsp3) is 0. The van der Waals surface area contributed by atoms with Crippen molar-refractivity contribution in [2.75, 3.05) is 9.99 Å². The third kappa shape index (κ3) is 6.06. The number of fused-ring (bicyclic) bond motifs is 1. The van der Waals surface area contributed by atoms with Crippen molar-refractivity contribution in [1.82, 2.24) is 0 Å². The number of nitrogens with zero attached hydrogens (tertiary/aromatic N) is 1. The van der Waals surface area contributed by atoms with Gasteiger partial charge in [-0.25, -0.2) is 0 Å². The monoisotopic (exact) mass is 570 g/mol. The Labute approximate surface area is 255 Å². The molecule has 0 aliphatic heterocycles. The highest BCUT2D eigenvalue weighted by atomic mass is 31.1. The molecule has 0 saturated heterocycles. The van der Waals surface area contributed by atoms with Gasteiger partial charge >= 0.3 is 0 Å². The van der Waals surface area contributed by atoms with E-state index in [4.69, 9.17) is 0 Å². The predicted octanol–water partition coefficient (Wildman–Crippen LogP) is 11.0. The first-order valence-corrected chi connectivity index (χ1v) is 15.5. The summed E-state index contributed by atoms with van der Waals surface area (Å²) < 4.78 is 2.44. The highest BCUT2D eigenvalue weighted by Gasteiger charge is 2.17. The molecule has 3 heteroatoms. The molecule has 0 aromatic heterocycles. The van der Waals surface area contributed by atoms with Gasteiger partial charge in [-0.15, -0.1) is 0 Å². The maximum atomic E-state index is 3.78. The van der Waals surface area contributed by atoms with Gasteiger partial charge < -0.3 is 9.99 Å². The summed E-state index contributed by atoms with van der Waals surface area (Å²) in [4.78, 5) is 0. The maximum absolute atomic E-state index is 3.78. The number of hydrogen-bond donors (Lipinski definition) is 1. The first-order chi connectivity index (χ1) is 21.3. The Kier molecular flexibility index (Phi) is 7.68. The molecule has 0 aliphatic carbocycles. The Morgan fingerprint density at radius 3 is 1.47 bits per heavy atom. The molecule has 0 saturated carbocycles. The maximum Gasteiger partial charge on any atom is 0.0690 e. The second-order valence-electron chi connectivity index (χ2n) is 10.5. The molecule has 0 bridgehead atoms. The van der Waals surface area contributed by atoms with E-state index in [-0.39, 0.29) is 0 Å². The average molecular weight is 571 g/mol. The highest BCUT2D eigenvalue weighted by molar-refractivity contribution is 7.49. The third-order valence-corrected chi connectivity index (χ3v) is 8.94. The molecule has 0 heterocycles. The smallest absolute Gasteiger partial charge is 0.0690 e. The van der Waals surface area contributed by atoms with Crippen molar-refractivity contribution in [3.8, 4) is 22.3 Å². The lowest BCUT2D eigenvalue weighted by Crippen LogP contribution is -2.12. The molecule has 2 nitrogen and oxygen atoms in total. The van der Waals surface area contributed by atoms with Crippen LogP contribution in [0.5, 0.6) is 0 Å². The average Bonchev–Trinajstić information content (AvgIpc) is 3.09. The normalized spacial score (nSPS) is 11.2. The van der Waals surface area contributed by atoms with E-state index in [9.17, 15) is 0 Å². The number of nitrogens with one attached hydrogen (secondary N) is 1. The Balaban J connectivity index is 1.31. The first-order valence-electron chi connectivity index (χ1n) is 14.5. The van der Waals surface area contributed by atoms with E-state index in [0.29, 0.717) is 8.73 Å². The number of benzene rings is 7. The van der Waals surface area contributed by atoms with Crippen LogP contribution in [-0.4, -0.2) is 0 Å². The molecule has 43 heavy (non-hydrogen) atoms. The number of rotatable bonds is 8. The molecule has 7 aromatic rings. The summed E-state index contributed by atoms with van der Waals surface area (Å²) in [7, 11) is 0.414. The molecule has 0 aliphatic rings. The van der Waals surface area contributed by atoms with Crippen LogP contribution < -0.4 is 15.3 Å². The summed E-state index contributed by atoms with van der Waals surface area (Å²) >= 11 is 0. The van der Waals surface area contributed by atoms with E-state index in [1.165, 1.54) is 38.3 Å². The lowest BCUT2D eigenvalue weighted by Gasteiger charge is -2.28. The van der Waals surface area contributed by atoms with Gasteiger partial charge in [-0.05, 0) is 74.7 Å². The largest absolute Gasteiger partial charge is 0.354 e. The second-order valence-corrected chi connectivity index (χ2v) is 11.8. The summed E-state index contributed by atoms with van der Waals surface area (Å²) in [6.07, 6.45) is 0. The molecular formula is C40H31N2P. The van der Waals surface area contributed by atoms with Gasteiger partial charge in [-0.2, -0.15) is 0 Å². The van der Waals surface area contributed by atoms with Crippen molar-refractivity contribution < 1.29 is 0 Å². The van der Waals surface area contributed by atoms with Gasteiger partial charge in [0, 0.05) is 20.1 Å². The zero-order valence-electron chi connectivity index (χ0n) is 23.7. The summed E-state index contributed by atoms with van der Waals surface area (Å²) in [6.45, 7) is 0. The summed E-state index contributed by atoms with van der Waals surface area (Å²) in [5, 5.41) is 7.48. The first kappa shape index (κ1) is 26.7. The van der Waals surface area contributed by atoms with Gasteiger partial charge in [-0.3, -0.25) is 0 Å². The van der Waals surface area contributed by atoms with Gasteiger partial charge in [0.15, 0.2) is 0 Å². The van der Waals surface area contributed by atoms with Gasteiger partial charge in [0.1, 0.15) is 0 Å². The van der Waals surface area contributed by atoms with Crippen LogP contribution in [0.15, 0.2) is 176 Å². The summed E-state index contributed by atoms with van der Waals surface area (Å²) in [5.41, 5.74) is 9.27. The summed E-state index contributed by atoms with van der Waals surface area (Å²) in [6, 6.07) is 62.6. The molecule has 206 valence electrons. The van der Waals surface area contributed by atoms with Gasteiger partial charge in [0.25, 0.3) is 0 Å².